The van der Waals surface area contributed by atoms with E-state index in [4.69, 9.17) is 4.74 Å². The van der Waals surface area contributed by atoms with Crippen molar-refractivity contribution in [3.63, 3.8) is 0 Å². The summed E-state index contributed by atoms with van der Waals surface area (Å²) in [6.45, 7) is 2.48. The fraction of sp³-hybridized carbons (Fsp3) is 0.0870. The van der Waals surface area contributed by atoms with Crippen LogP contribution in [0.15, 0.2) is 88.7 Å². The van der Waals surface area contributed by atoms with Gasteiger partial charge in [0.2, 0.25) is 9.84 Å². The van der Waals surface area contributed by atoms with Gasteiger partial charge < -0.3 is 4.74 Å². The van der Waals surface area contributed by atoms with Gasteiger partial charge in [0.15, 0.2) is 0 Å². The molecule has 0 heterocycles. The van der Waals surface area contributed by atoms with E-state index in [1.165, 1.54) is 23.8 Å². The number of allylic oxidation sites excluding steroid dienone is 1. The minimum atomic E-state index is -3.84. The van der Waals surface area contributed by atoms with Crippen LogP contribution in [0.5, 0.6) is 5.75 Å². The second-order valence-electron chi connectivity index (χ2n) is 6.28. The maximum atomic E-state index is 12.6. The molecular weight excluding hydrogens is 370 g/mol. The van der Waals surface area contributed by atoms with Gasteiger partial charge in [-0.2, -0.15) is 5.26 Å². The van der Waals surface area contributed by atoms with Crippen LogP contribution in [-0.4, -0.2) is 8.42 Å². The highest BCUT2D eigenvalue weighted by atomic mass is 32.2. The Hall–Kier alpha value is -3.36. The number of aryl methyl sites for hydroxylation is 1. The van der Waals surface area contributed by atoms with Gasteiger partial charge in [-0.1, -0.05) is 60.2 Å². The standard InChI is InChI=1S/C23H19NO3S/c1-18-7-9-20(10-8-18)17-27-21-13-11-19(12-14-21)15-23(16-24)28(25,26)22-5-3-2-4-6-22/h2-15H,17H2,1H3. The molecule has 0 amide bonds. The number of hydrogen-bond donors (Lipinski definition) is 0. The van der Waals surface area contributed by atoms with Crippen LogP contribution in [0, 0.1) is 18.3 Å². The molecule has 0 aliphatic heterocycles. The van der Waals surface area contributed by atoms with Crippen molar-refractivity contribution in [2.75, 3.05) is 0 Å². The van der Waals surface area contributed by atoms with E-state index >= 15 is 0 Å². The first-order chi connectivity index (χ1) is 13.5. The Balaban J connectivity index is 1.75. The van der Waals surface area contributed by atoms with Crippen LogP contribution < -0.4 is 4.74 Å². The van der Waals surface area contributed by atoms with Crippen molar-refractivity contribution in [3.8, 4) is 11.8 Å². The number of nitriles is 1. The first kappa shape index (κ1) is 19.4. The summed E-state index contributed by atoms with van der Waals surface area (Å²) in [5, 5.41) is 9.35. The molecule has 0 aliphatic carbocycles. The third-order valence-electron chi connectivity index (χ3n) is 4.16. The first-order valence-electron chi connectivity index (χ1n) is 8.69. The second-order valence-corrected chi connectivity index (χ2v) is 8.20. The largest absolute Gasteiger partial charge is 0.489 e. The van der Waals surface area contributed by atoms with E-state index < -0.39 is 9.84 Å². The average Bonchev–Trinajstić information content (AvgIpc) is 2.73. The Morgan fingerprint density at radius 3 is 2.21 bits per heavy atom. The zero-order chi connectivity index (χ0) is 20.0. The molecule has 0 radical (unpaired) electrons. The Morgan fingerprint density at radius 2 is 1.61 bits per heavy atom. The van der Waals surface area contributed by atoms with Crippen LogP contribution in [0.2, 0.25) is 0 Å². The Bertz CT molecular complexity index is 1110. The molecule has 0 unspecified atom stereocenters. The fourth-order valence-corrected chi connectivity index (χ4v) is 3.74. The van der Waals surface area contributed by atoms with Gasteiger partial charge in [0.1, 0.15) is 23.3 Å². The van der Waals surface area contributed by atoms with Crippen molar-refractivity contribution in [2.24, 2.45) is 0 Å². The highest BCUT2D eigenvalue weighted by Gasteiger charge is 2.20. The van der Waals surface area contributed by atoms with E-state index in [1.54, 1.807) is 48.5 Å². The van der Waals surface area contributed by atoms with Crippen molar-refractivity contribution in [2.45, 2.75) is 18.4 Å². The molecular formula is C23H19NO3S. The molecule has 0 spiro atoms. The summed E-state index contributed by atoms with van der Waals surface area (Å²) in [4.78, 5) is -0.201. The quantitative estimate of drug-likeness (QED) is 0.562. The Kier molecular flexibility index (Phi) is 5.93. The molecule has 3 rings (SSSR count). The summed E-state index contributed by atoms with van der Waals surface area (Å²) in [5.41, 5.74) is 2.87. The SMILES string of the molecule is Cc1ccc(COc2ccc(C=C(C#N)S(=O)(=O)c3ccccc3)cc2)cc1. The van der Waals surface area contributed by atoms with E-state index in [1.807, 2.05) is 31.2 Å². The Labute approximate surface area is 165 Å². The summed E-state index contributed by atoms with van der Waals surface area (Å²) in [6.07, 6.45) is 1.37. The van der Waals surface area contributed by atoms with Crippen molar-refractivity contribution in [1.29, 1.82) is 5.26 Å². The van der Waals surface area contributed by atoms with Gasteiger partial charge >= 0.3 is 0 Å². The minimum Gasteiger partial charge on any atom is -0.489 e. The number of nitrogens with zero attached hydrogens (tertiary/aromatic N) is 1. The molecule has 0 fully saturated rings. The van der Waals surface area contributed by atoms with Gasteiger partial charge in [-0.15, -0.1) is 0 Å². The highest BCUT2D eigenvalue weighted by molar-refractivity contribution is 7.95. The smallest absolute Gasteiger partial charge is 0.216 e. The van der Waals surface area contributed by atoms with Crippen molar-refractivity contribution < 1.29 is 13.2 Å². The normalized spacial score (nSPS) is 11.6. The van der Waals surface area contributed by atoms with Gasteiger partial charge in [-0.05, 0) is 48.4 Å². The van der Waals surface area contributed by atoms with Gasteiger partial charge in [-0.3, -0.25) is 0 Å². The third kappa shape index (κ3) is 4.67. The molecule has 0 saturated heterocycles. The molecule has 0 atom stereocenters. The first-order valence-corrected chi connectivity index (χ1v) is 10.2. The van der Waals surface area contributed by atoms with Crippen LogP contribution >= 0.6 is 0 Å². The summed E-state index contributed by atoms with van der Waals surface area (Å²) < 4.78 is 31.0. The van der Waals surface area contributed by atoms with Crippen molar-refractivity contribution >= 4 is 15.9 Å². The molecule has 0 bridgehead atoms. The fourth-order valence-electron chi connectivity index (χ4n) is 2.56. The van der Waals surface area contributed by atoms with Crippen LogP contribution in [0.25, 0.3) is 6.08 Å². The van der Waals surface area contributed by atoms with Crippen LogP contribution in [-0.2, 0) is 16.4 Å². The minimum absolute atomic E-state index is 0.0980. The lowest BCUT2D eigenvalue weighted by atomic mass is 10.2. The Morgan fingerprint density at radius 1 is 0.964 bits per heavy atom. The second kappa shape index (κ2) is 8.55. The van der Waals surface area contributed by atoms with E-state index in [-0.39, 0.29) is 9.80 Å². The molecule has 0 N–H and O–H groups in total. The highest BCUT2D eigenvalue weighted by Crippen LogP contribution is 2.22. The van der Waals surface area contributed by atoms with Crippen LogP contribution in [0.4, 0.5) is 0 Å². The van der Waals surface area contributed by atoms with Gasteiger partial charge in [0.05, 0.1) is 4.90 Å². The molecule has 5 heteroatoms. The van der Waals surface area contributed by atoms with E-state index in [9.17, 15) is 13.7 Å². The zero-order valence-corrected chi connectivity index (χ0v) is 16.2. The number of rotatable bonds is 6. The lowest BCUT2D eigenvalue weighted by Crippen LogP contribution is -2.03. The number of hydrogen-bond acceptors (Lipinski definition) is 4. The van der Waals surface area contributed by atoms with E-state index in [0.29, 0.717) is 17.9 Å². The molecule has 0 aliphatic rings. The average molecular weight is 389 g/mol. The monoisotopic (exact) mass is 389 g/mol. The summed E-state index contributed by atoms with van der Waals surface area (Å²) in [6, 6.07) is 24.8. The van der Waals surface area contributed by atoms with Crippen molar-refractivity contribution in [1.82, 2.24) is 0 Å². The van der Waals surface area contributed by atoms with E-state index in [2.05, 4.69) is 0 Å². The number of benzene rings is 3. The predicted octanol–water partition coefficient (Wildman–Crippen LogP) is 4.91. The summed E-state index contributed by atoms with van der Waals surface area (Å²) >= 11 is 0. The lowest BCUT2D eigenvalue weighted by molar-refractivity contribution is 0.306. The topological polar surface area (TPSA) is 67.2 Å². The predicted molar refractivity (Wildman–Crippen MR) is 109 cm³/mol. The van der Waals surface area contributed by atoms with Crippen LogP contribution in [0.1, 0.15) is 16.7 Å². The molecule has 4 nitrogen and oxygen atoms in total. The molecule has 3 aromatic rings. The van der Waals surface area contributed by atoms with Gasteiger partial charge in [-0.25, -0.2) is 8.42 Å². The van der Waals surface area contributed by atoms with Crippen molar-refractivity contribution in [3.05, 3.63) is 100 Å². The zero-order valence-electron chi connectivity index (χ0n) is 15.4. The van der Waals surface area contributed by atoms with Gasteiger partial charge in [0, 0.05) is 0 Å². The molecule has 140 valence electrons. The molecule has 3 aromatic carbocycles. The maximum absolute atomic E-state index is 12.6. The lowest BCUT2D eigenvalue weighted by Gasteiger charge is -2.07. The maximum Gasteiger partial charge on any atom is 0.216 e. The van der Waals surface area contributed by atoms with Gasteiger partial charge in [0.25, 0.3) is 0 Å². The summed E-state index contributed by atoms with van der Waals surface area (Å²) in [7, 11) is -3.84. The van der Waals surface area contributed by atoms with Crippen LogP contribution in [0.3, 0.4) is 0 Å². The molecule has 0 aromatic heterocycles. The third-order valence-corrected chi connectivity index (χ3v) is 5.84. The number of ether oxygens (including phenoxy) is 1. The van der Waals surface area contributed by atoms with E-state index in [0.717, 1.165) is 5.56 Å². The molecule has 0 saturated carbocycles. The molecule has 28 heavy (non-hydrogen) atoms. The number of sulfone groups is 1. The summed E-state index contributed by atoms with van der Waals surface area (Å²) in [5.74, 6) is 0.669.